The minimum Gasteiger partial charge on any atom is -0.399 e. The highest BCUT2D eigenvalue weighted by Gasteiger charge is 2.09. The highest BCUT2D eigenvalue weighted by Crippen LogP contribution is 2.14. The Morgan fingerprint density at radius 3 is 2.50 bits per heavy atom. The van der Waals surface area contributed by atoms with Crippen LogP contribution in [0.3, 0.4) is 0 Å². The molecule has 0 saturated heterocycles. The van der Waals surface area contributed by atoms with Crippen LogP contribution in [0.4, 0.5) is 16.2 Å². The van der Waals surface area contributed by atoms with Crippen molar-refractivity contribution in [1.82, 2.24) is 5.32 Å². The molecular formula is C16H19N3O. The van der Waals surface area contributed by atoms with E-state index >= 15 is 0 Å². The third-order valence-electron chi connectivity index (χ3n) is 3.07. The van der Waals surface area contributed by atoms with Crippen molar-refractivity contribution >= 4 is 17.4 Å². The van der Waals surface area contributed by atoms with Crippen molar-refractivity contribution < 1.29 is 4.79 Å². The van der Waals surface area contributed by atoms with Gasteiger partial charge in [-0.15, -0.1) is 0 Å². The number of aryl methyl sites for hydroxylation is 1. The van der Waals surface area contributed by atoms with E-state index < -0.39 is 0 Å². The van der Waals surface area contributed by atoms with Crippen LogP contribution in [0.1, 0.15) is 24.1 Å². The lowest BCUT2D eigenvalue weighted by Crippen LogP contribution is -2.31. The Bertz CT molecular complexity index is 593. The number of hydrogen-bond acceptors (Lipinski definition) is 2. The van der Waals surface area contributed by atoms with E-state index in [1.807, 2.05) is 38.1 Å². The summed E-state index contributed by atoms with van der Waals surface area (Å²) in [5, 5.41) is 5.66. The van der Waals surface area contributed by atoms with Crippen molar-refractivity contribution in [2.24, 2.45) is 0 Å². The van der Waals surface area contributed by atoms with Gasteiger partial charge in [-0.25, -0.2) is 4.79 Å². The van der Waals surface area contributed by atoms with E-state index in [0.717, 1.165) is 5.56 Å². The fourth-order valence-electron chi connectivity index (χ4n) is 1.92. The number of amides is 2. The summed E-state index contributed by atoms with van der Waals surface area (Å²) < 4.78 is 0. The van der Waals surface area contributed by atoms with E-state index in [2.05, 4.69) is 10.6 Å². The number of carbonyl (C=O) groups is 1. The van der Waals surface area contributed by atoms with Gasteiger partial charge < -0.3 is 16.4 Å². The van der Waals surface area contributed by atoms with Crippen LogP contribution in [0.2, 0.25) is 0 Å². The lowest BCUT2D eigenvalue weighted by atomic mass is 10.1. The van der Waals surface area contributed by atoms with Gasteiger partial charge in [-0.2, -0.15) is 0 Å². The number of benzene rings is 2. The van der Waals surface area contributed by atoms with Gasteiger partial charge in [0.05, 0.1) is 6.04 Å². The molecule has 0 fully saturated rings. The van der Waals surface area contributed by atoms with Gasteiger partial charge in [0.25, 0.3) is 0 Å². The summed E-state index contributed by atoms with van der Waals surface area (Å²) in [6.45, 7) is 3.98. The summed E-state index contributed by atoms with van der Waals surface area (Å²) in [4.78, 5) is 11.9. The SMILES string of the molecule is Cc1ccc(C(C)NC(=O)Nc2cccc(N)c2)cc1. The quantitative estimate of drug-likeness (QED) is 0.747. The molecule has 0 heterocycles. The molecule has 0 bridgehead atoms. The molecule has 0 radical (unpaired) electrons. The van der Waals surface area contributed by atoms with Crippen molar-refractivity contribution in [3.05, 3.63) is 59.7 Å². The fraction of sp³-hybridized carbons (Fsp3) is 0.188. The molecule has 0 aliphatic rings. The summed E-state index contributed by atoms with van der Waals surface area (Å²) in [7, 11) is 0. The van der Waals surface area contributed by atoms with Crippen molar-refractivity contribution in [1.29, 1.82) is 0 Å². The Balaban J connectivity index is 1.95. The van der Waals surface area contributed by atoms with Crippen LogP contribution in [-0.2, 0) is 0 Å². The first kappa shape index (κ1) is 13.9. The molecule has 0 aromatic heterocycles. The molecule has 2 aromatic rings. The number of carbonyl (C=O) groups excluding carboxylic acids is 1. The normalized spacial score (nSPS) is 11.7. The van der Waals surface area contributed by atoms with E-state index in [0.29, 0.717) is 11.4 Å². The van der Waals surface area contributed by atoms with Gasteiger partial charge in [0, 0.05) is 11.4 Å². The first-order valence-corrected chi connectivity index (χ1v) is 6.54. The minimum atomic E-state index is -0.247. The van der Waals surface area contributed by atoms with E-state index in [-0.39, 0.29) is 12.1 Å². The van der Waals surface area contributed by atoms with Gasteiger partial charge in [-0.1, -0.05) is 35.9 Å². The maximum Gasteiger partial charge on any atom is 0.319 e. The molecule has 0 aliphatic heterocycles. The highest BCUT2D eigenvalue weighted by atomic mass is 16.2. The van der Waals surface area contributed by atoms with Crippen molar-refractivity contribution in [2.75, 3.05) is 11.1 Å². The zero-order valence-electron chi connectivity index (χ0n) is 11.7. The van der Waals surface area contributed by atoms with E-state index in [1.54, 1.807) is 24.3 Å². The number of nitrogens with two attached hydrogens (primary N) is 1. The Morgan fingerprint density at radius 1 is 1.15 bits per heavy atom. The van der Waals surface area contributed by atoms with Crippen LogP contribution in [-0.4, -0.2) is 6.03 Å². The second kappa shape index (κ2) is 6.10. The van der Waals surface area contributed by atoms with Gasteiger partial charge in [0.1, 0.15) is 0 Å². The van der Waals surface area contributed by atoms with Crippen LogP contribution in [0, 0.1) is 6.92 Å². The average molecular weight is 269 g/mol. The monoisotopic (exact) mass is 269 g/mol. The maximum atomic E-state index is 11.9. The zero-order chi connectivity index (χ0) is 14.5. The largest absolute Gasteiger partial charge is 0.399 e. The van der Waals surface area contributed by atoms with Crippen LogP contribution in [0.25, 0.3) is 0 Å². The minimum absolute atomic E-state index is 0.0586. The molecule has 0 saturated carbocycles. The third-order valence-corrected chi connectivity index (χ3v) is 3.07. The lowest BCUT2D eigenvalue weighted by Gasteiger charge is -2.15. The molecular weight excluding hydrogens is 250 g/mol. The molecule has 1 atom stereocenters. The standard InChI is InChI=1S/C16H19N3O/c1-11-6-8-13(9-7-11)12(2)18-16(20)19-15-5-3-4-14(17)10-15/h3-10,12H,17H2,1-2H3,(H2,18,19,20). The lowest BCUT2D eigenvalue weighted by molar-refractivity contribution is 0.249. The molecule has 1 unspecified atom stereocenters. The number of hydrogen-bond donors (Lipinski definition) is 3. The van der Waals surface area contributed by atoms with Gasteiger partial charge >= 0.3 is 6.03 Å². The van der Waals surface area contributed by atoms with Gasteiger partial charge in [0.15, 0.2) is 0 Å². The molecule has 0 spiro atoms. The van der Waals surface area contributed by atoms with Gasteiger partial charge in [-0.3, -0.25) is 0 Å². The molecule has 2 aromatic carbocycles. The van der Waals surface area contributed by atoms with Crippen LogP contribution < -0.4 is 16.4 Å². The summed E-state index contributed by atoms with van der Waals surface area (Å²) in [5.41, 5.74) is 9.24. The molecule has 0 aliphatic carbocycles. The molecule has 104 valence electrons. The summed E-state index contributed by atoms with van der Waals surface area (Å²) in [5.74, 6) is 0. The van der Waals surface area contributed by atoms with Crippen LogP contribution >= 0.6 is 0 Å². The fourth-order valence-corrected chi connectivity index (χ4v) is 1.92. The summed E-state index contributed by atoms with van der Waals surface area (Å²) in [6.07, 6.45) is 0. The predicted octanol–water partition coefficient (Wildman–Crippen LogP) is 3.46. The zero-order valence-corrected chi connectivity index (χ0v) is 11.7. The Kier molecular flexibility index (Phi) is 4.25. The van der Waals surface area contributed by atoms with Crippen LogP contribution in [0.15, 0.2) is 48.5 Å². The van der Waals surface area contributed by atoms with Crippen molar-refractivity contribution in [3.8, 4) is 0 Å². The van der Waals surface area contributed by atoms with Gasteiger partial charge in [0.2, 0.25) is 0 Å². The predicted molar refractivity (Wildman–Crippen MR) is 82.6 cm³/mol. The number of urea groups is 1. The second-order valence-electron chi connectivity index (χ2n) is 4.86. The first-order chi connectivity index (χ1) is 9.54. The third kappa shape index (κ3) is 3.75. The Morgan fingerprint density at radius 2 is 1.85 bits per heavy atom. The van der Waals surface area contributed by atoms with Crippen molar-refractivity contribution in [3.63, 3.8) is 0 Å². The Labute approximate surface area is 119 Å². The smallest absolute Gasteiger partial charge is 0.319 e. The number of anilines is 2. The van der Waals surface area contributed by atoms with E-state index in [1.165, 1.54) is 5.56 Å². The number of nitrogen functional groups attached to an aromatic ring is 1. The van der Waals surface area contributed by atoms with Crippen LogP contribution in [0.5, 0.6) is 0 Å². The van der Waals surface area contributed by atoms with E-state index in [9.17, 15) is 4.79 Å². The molecule has 4 N–H and O–H groups in total. The summed E-state index contributed by atoms with van der Waals surface area (Å²) >= 11 is 0. The molecule has 20 heavy (non-hydrogen) atoms. The van der Waals surface area contributed by atoms with E-state index in [4.69, 9.17) is 5.73 Å². The molecule has 2 rings (SSSR count). The second-order valence-corrected chi connectivity index (χ2v) is 4.86. The maximum absolute atomic E-state index is 11.9. The molecule has 2 amide bonds. The number of rotatable bonds is 3. The average Bonchev–Trinajstić information content (AvgIpc) is 2.39. The number of nitrogens with one attached hydrogen (secondary N) is 2. The molecule has 4 heteroatoms. The molecule has 4 nitrogen and oxygen atoms in total. The highest BCUT2D eigenvalue weighted by molar-refractivity contribution is 5.90. The van der Waals surface area contributed by atoms with Crippen molar-refractivity contribution in [2.45, 2.75) is 19.9 Å². The Hall–Kier alpha value is -2.49. The topological polar surface area (TPSA) is 67.2 Å². The summed E-state index contributed by atoms with van der Waals surface area (Å²) in [6, 6.07) is 14.9. The first-order valence-electron chi connectivity index (χ1n) is 6.54. The van der Waals surface area contributed by atoms with Gasteiger partial charge in [-0.05, 0) is 37.6 Å².